The van der Waals surface area contributed by atoms with E-state index in [1.54, 1.807) is 0 Å². The summed E-state index contributed by atoms with van der Waals surface area (Å²) in [7, 11) is 0. The minimum atomic E-state index is -1.85. The molecule has 0 aromatic carbocycles. The van der Waals surface area contributed by atoms with Gasteiger partial charge in [0.25, 0.3) is 0 Å². The molecule has 0 rings (SSSR count). The van der Waals surface area contributed by atoms with E-state index >= 15 is 0 Å². The topological polar surface area (TPSA) is 29.5 Å². The number of amides is 1. The van der Waals surface area contributed by atoms with Crippen LogP contribution in [-0.2, 0) is 19.9 Å². The number of nitrogens with zero attached hydrogens (tertiary/aromatic N) is 1. The number of carbonyl (C=O) groups excluding carboxylic acids is 1. The number of thiol groups is 2. The molecule has 0 aliphatic heterocycles. The van der Waals surface area contributed by atoms with Crippen molar-refractivity contribution in [1.29, 1.82) is 0 Å². The average Bonchev–Trinajstić information content (AvgIpc) is 1.63. The van der Waals surface area contributed by atoms with Crippen molar-refractivity contribution < 1.29 is 24.7 Å². The fraction of sp³-hybridized carbons (Fsp3) is 0.667. The second kappa shape index (κ2) is 4.42. The summed E-state index contributed by atoms with van der Waals surface area (Å²) in [6, 6.07) is 0. The Bertz CT molecular complexity index is 108. The maximum absolute atomic E-state index is 10.6. The zero-order valence-electron chi connectivity index (χ0n) is 5.37. The van der Waals surface area contributed by atoms with E-state index in [9.17, 15) is 4.79 Å². The molecule has 0 saturated carbocycles. The van der Waals surface area contributed by atoms with Crippen molar-refractivity contribution >= 4 is 31.7 Å². The third-order valence-corrected chi connectivity index (χ3v) is 2.63. The van der Waals surface area contributed by atoms with Gasteiger partial charge in [0.15, 0.2) is 0 Å². The SMILES string of the molecule is [CH3][Zn]([CH3])[O]C(=O)N(S)S. The molecule has 0 aromatic heterocycles. The van der Waals surface area contributed by atoms with E-state index in [2.05, 4.69) is 25.6 Å². The molecule has 0 N–H and O–H groups in total. The molecule has 0 saturated heterocycles. The predicted octanol–water partition coefficient (Wildman–Crippen LogP) is 1.74. The van der Waals surface area contributed by atoms with Crippen molar-refractivity contribution in [2.24, 2.45) is 0 Å². The maximum atomic E-state index is 10.6. The Morgan fingerprint density at radius 3 is 2.11 bits per heavy atom. The van der Waals surface area contributed by atoms with Crippen LogP contribution in [0.3, 0.4) is 0 Å². The molecule has 0 spiro atoms. The van der Waals surface area contributed by atoms with E-state index in [1.165, 1.54) is 0 Å². The Hall–Kier alpha value is 0.593. The van der Waals surface area contributed by atoms with Gasteiger partial charge in [-0.05, 0) is 0 Å². The molecule has 0 fully saturated rings. The first-order valence-corrected chi connectivity index (χ1v) is 10.7. The molecular formula is C3H8NO2S2Zn. The van der Waals surface area contributed by atoms with Gasteiger partial charge in [-0.25, -0.2) is 0 Å². The van der Waals surface area contributed by atoms with Crippen LogP contribution in [0.4, 0.5) is 4.79 Å². The molecule has 0 aromatic rings. The Balaban J connectivity index is 3.51. The first-order valence-electron chi connectivity index (χ1n) is 2.73. The number of hydrogen-bond acceptors (Lipinski definition) is 4. The van der Waals surface area contributed by atoms with Gasteiger partial charge in [0.05, 0.1) is 0 Å². The van der Waals surface area contributed by atoms with Crippen LogP contribution in [0.1, 0.15) is 0 Å². The third-order valence-electron chi connectivity index (χ3n) is 0.575. The van der Waals surface area contributed by atoms with Gasteiger partial charge in [-0.15, -0.1) is 0 Å². The van der Waals surface area contributed by atoms with E-state index in [0.717, 1.165) is 3.71 Å². The predicted molar refractivity (Wildman–Crippen MR) is 38.0 cm³/mol. The molecule has 0 aliphatic rings. The number of hydrogen-bond donors (Lipinski definition) is 2. The van der Waals surface area contributed by atoms with Gasteiger partial charge >= 0.3 is 71.1 Å². The summed E-state index contributed by atoms with van der Waals surface area (Å²) in [6.45, 7) is 0. The first kappa shape index (κ1) is 9.59. The molecule has 3 nitrogen and oxygen atoms in total. The summed E-state index contributed by atoms with van der Waals surface area (Å²) in [5.41, 5.74) is 3.92. The zero-order valence-corrected chi connectivity index (χ0v) is 10.1. The van der Waals surface area contributed by atoms with E-state index in [0.29, 0.717) is 0 Å². The summed E-state index contributed by atoms with van der Waals surface area (Å²) < 4.78 is 5.70. The zero-order chi connectivity index (χ0) is 7.44. The summed E-state index contributed by atoms with van der Waals surface area (Å²) in [5, 5.41) is 0. The summed E-state index contributed by atoms with van der Waals surface area (Å²) in [4.78, 5) is 10.6. The molecular weight excluding hydrogens is 212 g/mol. The number of rotatable bonds is 1. The molecule has 0 bridgehead atoms. The molecule has 0 radical (unpaired) electrons. The van der Waals surface area contributed by atoms with Crippen molar-refractivity contribution in [3.8, 4) is 0 Å². The van der Waals surface area contributed by atoms with Crippen LogP contribution in [0.15, 0.2) is 0 Å². The van der Waals surface area contributed by atoms with Gasteiger partial charge in [0.1, 0.15) is 0 Å². The fourth-order valence-electron chi connectivity index (χ4n) is 0.305. The minimum absolute atomic E-state index is 0.466. The van der Waals surface area contributed by atoms with Crippen molar-refractivity contribution in [3.05, 3.63) is 0 Å². The van der Waals surface area contributed by atoms with Gasteiger partial charge in [0.2, 0.25) is 0 Å². The summed E-state index contributed by atoms with van der Waals surface area (Å²) in [6.07, 6.45) is -0.466. The van der Waals surface area contributed by atoms with E-state index < -0.39 is 22.4 Å². The average molecular weight is 220 g/mol. The molecule has 0 heterocycles. The second-order valence-electron chi connectivity index (χ2n) is 1.98. The fourth-order valence-corrected chi connectivity index (χ4v) is 2.18. The Morgan fingerprint density at radius 2 is 2.00 bits per heavy atom. The standard InChI is InChI=1S/CH3NO2S2.2CH3.Zn/c3-1(4)2(5)6;;;/h5-6H,(H,3,4);2*1H3;/q;;;+1/p-1. The van der Waals surface area contributed by atoms with Crippen molar-refractivity contribution in [2.45, 2.75) is 11.0 Å². The van der Waals surface area contributed by atoms with E-state index in [1.807, 2.05) is 11.0 Å². The molecule has 9 heavy (non-hydrogen) atoms. The van der Waals surface area contributed by atoms with Crippen LogP contribution < -0.4 is 0 Å². The Morgan fingerprint density at radius 1 is 1.56 bits per heavy atom. The van der Waals surface area contributed by atoms with Gasteiger partial charge < -0.3 is 0 Å². The Kier molecular flexibility index (Phi) is 4.71. The van der Waals surface area contributed by atoms with Crippen molar-refractivity contribution in [3.63, 3.8) is 0 Å². The quantitative estimate of drug-likeness (QED) is 0.520. The normalized spacial score (nSPS) is 8.44. The van der Waals surface area contributed by atoms with Crippen LogP contribution in [0.25, 0.3) is 0 Å². The van der Waals surface area contributed by atoms with Crippen molar-refractivity contribution in [1.82, 2.24) is 3.71 Å². The molecule has 6 heteroatoms. The second-order valence-corrected chi connectivity index (χ2v) is 9.10. The monoisotopic (exact) mass is 218 g/mol. The van der Waals surface area contributed by atoms with Crippen LogP contribution in [0.5, 0.6) is 0 Å². The van der Waals surface area contributed by atoms with Gasteiger partial charge in [-0.1, -0.05) is 0 Å². The van der Waals surface area contributed by atoms with Crippen molar-refractivity contribution in [2.75, 3.05) is 0 Å². The van der Waals surface area contributed by atoms with Gasteiger partial charge in [-0.2, -0.15) is 0 Å². The van der Waals surface area contributed by atoms with Gasteiger partial charge in [0, 0.05) is 0 Å². The summed E-state index contributed by atoms with van der Waals surface area (Å²) >= 11 is 5.40. The molecule has 1 amide bonds. The molecule has 0 unspecified atom stereocenters. The van der Waals surface area contributed by atoms with E-state index in [4.69, 9.17) is 3.56 Å². The molecule has 0 aliphatic carbocycles. The molecule has 51 valence electrons. The molecule has 0 atom stereocenters. The Labute approximate surface area is 71.1 Å². The van der Waals surface area contributed by atoms with E-state index in [-0.39, 0.29) is 0 Å². The van der Waals surface area contributed by atoms with Crippen LogP contribution >= 0.6 is 25.6 Å². The van der Waals surface area contributed by atoms with Crippen LogP contribution in [-0.4, -0.2) is 9.80 Å². The first-order chi connectivity index (χ1) is 4.04. The third kappa shape index (κ3) is 5.06. The number of carbonyl (C=O) groups is 1. The van der Waals surface area contributed by atoms with Gasteiger partial charge in [-0.3, -0.25) is 0 Å². The summed E-state index contributed by atoms with van der Waals surface area (Å²) in [5.74, 6) is 0. The van der Waals surface area contributed by atoms with Crippen LogP contribution in [0, 0.1) is 0 Å². The van der Waals surface area contributed by atoms with Crippen LogP contribution in [0.2, 0.25) is 11.0 Å².